The zero-order chi connectivity index (χ0) is 19.6. The second kappa shape index (κ2) is 7.70. The zero-order valence-electron chi connectivity index (χ0n) is 15.8. The first-order chi connectivity index (χ1) is 12.8. The number of carbonyl (C=O) groups is 1. The van der Waals surface area contributed by atoms with E-state index in [1.54, 1.807) is 23.1 Å². The van der Waals surface area contributed by atoms with Crippen LogP contribution in [0.1, 0.15) is 19.4 Å². The monoisotopic (exact) mass is 387 g/mol. The number of amides is 1. The highest BCUT2D eigenvalue weighted by molar-refractivity contribution is 7.89. The molecule has 1 N–H and O–H groups in total. The van der Waals surface area contributed by atoms with Gasteiger partial charge < -0.3 is 9.80 Å². The van der Waals surface area contributed by atoms with E-state index < -0.39 is 10.0 Å². The Labute approximate surface area is 160 Å². The number of benzene rings is 2. The summed E-state index contributed by atoms with van der Waals surface area (Å²) in [5.41, 5.74) is 2.73. The van der Waals surface area contributed by atoms with Crippen molar-refractivity contribution in [2.75, 3.05) is 29.9 Å². The van der Waals surface area contributed by atoms with Crippen molar-refractivity contribution in [2.24, 2.45) is 0 Å². The number of likely N-dealkylation sites (N-methyl/N-ethyl adjacent to an activating group) is 1. The smallest absolute Gasteiger partial charge is 0.240 e. The van der Waals surface area contributed by atoms with Crippen molar-refractivity contribution in [1.29, 1.82) is 0 Å². The Balaban J connectivity index is 1.69. The maximum atomic E-state index is 12.7. The summed E-state index contributed by atoms with van der Waals surface area (Å²) in [6.45, 7) is 4.39. The Morgan fingerprint density at radius 3 is 2.59 bits per heavy atom. The van der Waals surface area contributed by atoms with Crippen LogP contribution in [0.5, 0.6) is 0 Å². The zero-order valence-corrected chi connectivity index (χ0v) is 16.7. The minimum absolute atomic E-state index is 0.00944. The highest BCUT2D eigenvalue weighted by Gasteiger charge is 2.25. The topological polar surface area (TPSA) is 69.7 Å². The molecule has 1 atom stereocenters. The quantitative estimate of drug-likeness (QED) is 0.826. The highest BCUT2D eigenvalue weighted by atomic mass is 32.2. The minimum atomic E-state index is -3.61. The second-order valence-electron chi connectivity index (χ2n) is 6.86. The fourth-order valence-corrected chi connectivity index (χ4v) is 4.41. The van der Waals surface area contributed by atoms with Crippen LogP contribution in [0.2, 0.25) is 0 Å². The molecule has 6 nitrogen and oxygen atoms in total. The molecular formula is C20H25N3O3S. The van der Waals surface area contributed by atoms with Gasteiger partial charge in [-0.05, 0) is 49.2 Å². The van der Waals surface area contributed by atoms with Gasteiger partial charge in [0.05, 0.1) is 4.90 Å². The lowest BCUT2D eigenvalue weighted by Gasteiger charge is -2.27. The van der Waals surface area contributed by atoms with Gasteiger partial charge in [-0.15, -0.1) is 0 Å². The number of para-hydroxylation sites is 1. The van der Waals surface area contributed by atoms with E-state index in [0.29, 0.717) is 19.5 Å². The first kappa shape index (κ1) is 19.4. The van der Waals surface area contributed by atoms with Gasteiger partial charge >= 0.3 is 0 Å². The third kappa shape index (κ3) is 4.14. The van der Waals surface area contributed by atoms with Crippen LogP contribution < -0.4 is 14.5 Å². The molecule has 0 fully saturated rings. The fraction of sp³-hybridized carbons (Fsp3) is 0.350. The van der Waals surface area contributed by atoms with Gasteiger partial charge in [0, 0.05) is 44.5 Å². The van der Waals surface area contributed by atoms with Gasteiger partial charge in [0.25, 0.3) is 0 Å². The highest BCUT2D eigenvalue weighted by Crippen LogP contribution is 2.30. The first-order valence-electron chi connectivity index (χ1n) is 8.98. The molecule has 2 aromatic rings. The molecule has 0 aliphatic carbocycles. The summed E-state index contributed by atoms with van der Waals surface area (Å²) in [6, 6.07) is 14.8. The number of rotatable bonds is 6. The summed E-state index contributed by atoms with van der Waals surface area (Å²) < 4.78 is 28.1. The average Bonchev–Trinajstić information content (AvgIpc) is 3.10. The van der Waals surface area contributed by atoms with Crippen LogP contribution >= 0.6 is 0 Å². The standard InChI is InChI=1S/C20H25N3O3S/c1-15(22(3)18-7-5-4-6-8-18)14-21-27(25,26)19-9-10-20-17(13-19)11-12-23(20)16(2)24/h4-10,13,15,21H,11-12,14H2,1-3H3. The Bertz CT molecular complexity index is 929. The lowest BCUT2D eigenvalue weighted by atomic mass is 10.2. The molecule has 0 bridgehead atoms. The molecule has 1 aliphatic heterocycles. The van der Waals surface area contributed by atoms with E-state index in [-0.39, 0.29) is 16.8 Å². The summed E-state index contributed by atoms with van der Waals surface area (Å²) in [7, 11) is -1.67. The molecule has 27 heavy (non-hydrogen) atoms. The molecule has 1 amide bonds. The predicted molar refractivity (Wildman–Crippen MR) is 108 cm³/mol. The van der Waals surface area contributed by atoms with Crippen molar-refractivity contribution in [3.63, 3.8) is 0 Å². The molecule has 1 aliphatic rings. The van der Waals surface area contributed by atoms with Gasteiger partial charge in [-0.2, -0.15) is 0 Å². The van der Waals surface area contributed by atoms with Crippen LogP contribution in [0, 0.1) is 0 Å². The molecule has 0 spiro atoms. The molecule has 1 heterocycles. The predicted octanol–water partition coefficient (Wildman–Crippen LogP) is 2.40. The summed E-state index contributed by atoms with van der Waals surface area (Å²) in [4.78, 5) is 15.6. The molecule has 0 saturated heterocycles. The third-order valence-electron chi connectivity index (χ3n) is 5.03. The van der Waals surface area contributed by atoms with Crippen LogP contribution in [0.3, 0.4) is 0 Å². The maximum Gasteiger partial charge on any atom is 0.240 e. The van der Waals surface area contributed by atoms with Crippen LogP contribution in [0.4, 0.5) is 11.4 Å². The third-order valence-corrected chi connectivity index (χ3v) is 6.45. The second-order valence-corrected chi connectivity index (χ2v) is 8.63. The van der Waals surface area contributed by atoms with Gasteiger partial charge in [-0.3, -0.25) is 4.79 Å². The summed E-state index contributed by atoms with van der Waals surface area (Å²) in [6.07, 6.45) is 0.672. The minimum Gasteiger partial charge on any atom is -0.371 e. The summed E-state index contributed by atoms with van der Waals surface area (Å²) >= 11 is 0. The van der Waals surface area contributed by atoms with Crippen LogP contribution in [-0.4, -0.2) is 40.5 Å². The largest absolute Gasteiger partial charge is 0.371 e. The Morgan fingerprint density at radius 1 is 1.22 bits per heavy atom. The number of nitrogens with one attached hydrogen (secondary N) is 1. The number of anilines is 2. The van der Waals surface area contributed by atoms with Crippen molar-refractivity contribution in [3.05, 3.63) is 54.1 Å². The Kier molecular flexibility index (Phi) is 5.53. The van der Waals surface area contributed by atoms with Crippen LogP contribution in [-0.2, 0) is 21.2 Å². The van der Waals surface area contributed by atoms with E-state index in [1.165, 1.54) is 6.92 Å². The van der Waals surface area contributed by atoms with E-state index in [0.717, 1.165) is 16.9 Å². The number of fused-ring (bicyclic) bond motifs is 1. The maximum absolute atomic E-state index is 12.7. The molecule has 2 aromatic carbocycles. The van der Waals surface area contributed by atoms with Crippen LogP contribution in [0.25, 0.3) is 0 Å². The number of carbonyl (C=O) groups excluding carboxylic acids is 1. The number of hydrogen-bond donors (Lipinski definition) is 1. The Hall–Kier alpha value is -2.38. The summed E-state index contributed by atoms with van der Waals surface area (Å²) in [5.74, 6) is -0.0275. The molecule has 3 rings (SSSR count). The molecule has 1 unspecified atom stereocenters. The summed E-state index contributed by atoms with van der Waals surface area (Å²) in [5, 5.41) is 0. The molecular weight excluding hydrogens is 362 g/mol. The molecule has 7 heteroatoms. The van der Waals surface area contributed by atoms with E-state index in [4.69, 9.17) is 0 Å². The van der Waals surface area contributed by atoms with Gasteiger partial charge in [0.1, 0.15) is 0 Å². The van der Waals surface area contributed by atoms with E-state index in [2.05, 4.69) is 4.72 Å². The van der Waals surface area contributed by atoms with Crippen molar-refractivity contribution in [2.45, 2.75) is 31.2 Å². The van der Waals surface area contributed by atoms with E-state index in [1.807, 2.05) is 49.2 Å². The average molecular weight is 388 g/mol. The van der Waals surface area contributed by atoms with Crippen molar-refractivity contribution in [3.8, 4) is 0 Å². The van der Waals surface area contributed by atoms with Gasteiger partial charge in [-0.25, -0.2) is 13.1 Å². The molecule has 0 radical (unpaired) electrons. The van der Waals surface area contributed by atoms with Gasteiger partial charge in [0.2, 0.25) is 15.9 Å². The Morgan fingerprint density at radius 2 is 1.93 bits per heavy atom. The van der Waals surface area contributed by atoms with Gasteiger partial charge in [0.15, 0.2) is 0 Å². The van der Waals surface area contributed by atoms with Crippen molar-refractivity contribution >= 4 is 27.3 Å². The van der Waals surface area contributed by atoms with Crippen molar-refractivity contribution in [1.82, 2.24) is 4.72 Å². The fourth-order valence-electron chi connectivity index (χ4n) is 3.24. The lowest BCUT2D eigenvalue weighted by molar-refractivity contribution is -0.116. The van der Waals surface area contributed by atoms with E-state index in [9.17, 15) is 13.2 Å². The van der Waals surface area contributed by atoms with Gasteiger partial charge in [-0.1, -0.05) is 18.2 Å². The molecule has 0 aromatic heterocycles. The first-order valence-corrected chi connectivity index (χ1v) is 10.5. The molecule has 0 saturated carbocycles. The lowest BCUT2D eigenvalue weighted by Crippen LogP contribution is -2.40. The number of sulfonamides is 1. The number of hydrogen-bond acceptors (Lipinski definition) is 4. The number of nitrogens with zero attached hydrogens (tertiary/aromatic N) is 2. The normalized spacial score (nSPS) is 14.7. The van der Waals surface area contributed by atoms with Crippen molar-refractivity contribution < 1.29 is 13.2 Å². The van der Waals surface area contributed by atoms with Crippen LogP contribution in [0.15, 0.2) is 53.4 Å². The SMILES string of the molecule is CC(=O)N1CCc2cc(S(=O)(=O)NCC(C)N(C)c3ccccc3)ccc21. The molecule has 144 valence electrons. The van der Waals surface area contributed by atoms with E-state index >= 15 is 0 Å².